The van der Waals surface area contributed by atoms with Crippen molar-refractivity contribution in [2.24, 2.45) is 10.7 Å². The van der Waals surface area contributed by atoms with Crippen LogP contribution in [-0.2, 0) is 0 Å². The average molecular weight is 149 g/mol. The Bertz CT molecular complexity index is 306. The van der Waals surface area contributed by atoms with Crippen LogP contribution in [0.15, 0.2) is 17.5 Å². The third-order valence-corrected chi connectivity index (χ3v) is 1.40. The van der Waals surface area contributed by atoms with Crippen LogP contribution in [0.1, 0.15) is 0 Å². The molecule has 2 heterocycles. The predicted octanol–water partition coefficient (Wildman–Crippen LogP) is -0.109. The predicted molar refractivity (Wildman–Crippen MR) is 41.8 cm³/mol. The maximum Gasteiger partial charge on any atom is 0.180 e. The molecule has 0 saturated heterocycles. The topological polar surface area (TPSA) is 76.2 Å². The van der Waals surface area contributed by atoms with Gasteiger partial charge in [0.05, 0.1) is 18.4 Å². The summed E-state index contributed by atoms with van der Waals surface area (Å²) in [4.78, 5) is 11.8. The highest BCUT2D eigenvalue weighted by molar-refractivity contribution is 5.91. The fraction of sp³-hybridized carbons (Fsp3) is 0.167. The molecule has 11 heavy (non-hydrogen) atoms. The van der Waals surface area contributed by atoms with Gasteiger partial charge in [-0.1, -0.05) is 0 Å². The van der Waals surface area contributed by atoms with E-state index < -0.39 is 0 Å². The molecule has 0 amide bonds. The number of fused-ring (bicyclic) bond motifs is 1. The Labute approximate surface area is 63.4 Å². The van der Waals surface area contributed by atoms with Gasteiger partial charge in [-0.05, 0) is 0 Å². The van der Waals surface area contributed by atoms with E-state index in [0.717, 1.165) is 5.69 Å². The second-order valence-electron chi connectivity index (χ2n) is 2.22. The largest absolute Gasteiger partial charge is 0.386 e. The summed E-state index contributed by atoms with van der Waals surface area (Å²) in [5.41, 5.74) is 6.31. The van der Waals surface area contributed by atoms with Crippen LogP contribution in [0.3, 0.4) is 0 Å². The van der Waals surface area contributed by atoms with E-state index >= 15 is 0 Å². The standard InChI is InChI=1S/C6H7N5/c7-5-2-9-4-1-8-3-10-6(4)11-5/h1,3,9H,2H2,(H2,7,8,10,11). The van der Waals surface area contributed by atoms with Crippen LogP contribution < -0.4 is 11.1 Å². The molecule has 1 aromatic heterocycles. The highest BCUT2D eigenvalue weighted by atomic mass is 15.1. The van der Waals surface area contributed by atoms with Crippen molar-refractivity contribution < 1.29 is 0 Å². The molecule has 1 aromatic rings. The minimum absolute atomic E-state index is 0.552. The SMILES string of the molecule is NC1=Nc2ncncc2NC1. The van der Waals surface area contributed by atoms with Gasteiger partial charge in [-0.2, -0.15) is 0 Å². The molecule has 0 atom stereocenters. The fourth-order valence-corrected chi connectivity index (χ4v) is 0.898. The van der Waals surface area contributed by atoms with E-state index in [-0.39, 0.29) is 0 Å². The Hall–Kier alpha value is -1.65. The van der Waals surface area contributed by atoms with Crippen molar-refractivity contribution in [1.29, 1.82) is 0 Å². The third kappa shape index (κ3) is 1.000. The van der Waals surface area contributed by atoms with Crippen molar-refractivity contribution in [2.45, 2.75) is 0 Å². The van der Waals surface area contributed by atoms with E-state index in [2.05, 4.69) is 20.3 Å². The number of hydrogen-bond acceptors (Lipinski definition) is 5. The van der Waals surface area contributed by atoms with Gasteiger partial charge in [0.15, 0.2) is 5.82 Å². The molecule has 2 rings (SSSR count). The molecule has 0 unspecified atom stereocenters. The first-order valence-electron chi connectivity index (χ1n) is 3.23. The molecule has 0 aromatic carbocycles. The van der Waals surface area contributed by atoms with E-state index in [1.165, 1.54) is 6.33 Å². The molecule has 0 aliphatic carbocycles. The average Bonchev–Trinajstić information content (AvgIpc) is 2.04. The second-order valence-corrected chi connectivity index (χ2v) is 2.22. The van der Waals surface area contributed by atoms with Crippen LogP contribution in [0.2, 0.25) is 0 Å². The van der Waals surface area contributed by atoms with Gasteiger partial charge in [0, 0.05) is 0 Å². The quantitative estimate of drug-likeness (QED) is 0.539. The van der Waals surface area contributed by atoms with Crippen molar-refractivity contribution in [3.05, 3.63) is 12.5 Å². The molecule has 3 N–H and O–H groups in total. The van der Waals surface area contributed by atoms with Gasteiger partial charge in [0.2, 0.25) is 0 Å². The van der Waals surface area contributed by atoms with Crippen molar-refractivity contribution in [3.63, 3.8) is 0 Å². The van der Waals surface area contributed by atoms with Crippen LogP contribution in [-0.4, -0.2) is 22.3 Å². The summed E-state index contributed by atoms with van der Waals surface area (Å²) < 4.78 is 0. The zero-order valence-electron chi connectivity index (χ0n) is 5.78. The molecule has 56 valence electrons. The molecule has 0 bridgehead atoms. The molecule has 1 aliphatic heterocycles. The van der Waals surface area contributed by atoms with Gasteiger partial charge in [0.25, 0.3) is 0 Å². The highest BCUT2D eigenvalue weighted by Gasteiger charge is 2.08. The molecule has 5 nitrogen and oxygen atoms in total. The minimum atomic E-state index is 0.552. The normalized spacial score (nSPS) is 14.7. The number of aliphatic imine (C=N–C) groups is 1. The van der Waals surface area contributed by atoms with E-state index in [0.29, 0.717) is 18.2 Å². The van der Waals surface area contributed by atoms with Gasteiger partial charge < -0.3 is 11.1 Å². The molecule has 5 heteroatoms. The van der Waals surface area contributed by atoms with Crippen molar-refractivity contribution >= 4 is 17.3 Å². The number of anilines is 1. The molecule has 0 radical (unpaired) electrons. The Morgan fingerprint density at radius 1 is 1.55 bits per heavy atom. The molecular weight excluding hydrogens is 142 g/mol. The maximum atomic E-state index is 5.48. The number of hydrogen-bond donors (Lipinski definition) is 2. The summed E-state index contributed by atoms with van der Waals surface area (Å²) in [6.07, 6.45) is 3.13. The number of amidine groups is 1. The van der Waals surface area contributed by atoms with Crippen LogP contribution >= 0.6 is 0 Å². The molecular formula is C6H7N5. The molecule has 0 fully saturated rings. The van der Waals surface area contributed by atoms with E-state index in [1.54, 1.807) is 6.20 Å². The highest BCUT2D eigenvalue weighted by Crippen LogP contribution is 2.21. The fourth-order valence-electron chi connectivity index (χ4n) is 0.898. The first-order chi connectivity index (χ1) is 5.36. The lowest BCUT2D eigenvalue weighted by molar-refractivity contribution is 1.11. The lowest BCUT2D eigenvalue weighted by atomic mass is 10.4. The lowest BCUT2D eigenvalue weighted by Crippen LogP contribution is -2.25. The second kappa shape index (κ2) is 2.19. The summed E-state index contributed by atoms with van der Waals surface area (Å²) in [6, 6.07) is 0. The van der Waals surface area contributed by atoms with Gasteiger partial charge in [-0.15, -0.1) is 0 Å². The van der Waals surface area contributed by atoms with E-state index in [9.17, 15) is 0 Å². The maximum absolute atomic E-state index is 5.48. The molecule has 1 aliphatic rings. The Balaban J connectivity index is 2.51. The third-order valence-electron chi connectivity index (χ3n) is 1.40. The summed E-state index contributed by atoms with van der Waals surface area (Å²) >= 11 is 0. The summed E-state index contributed by atoms with van der Waals surface area (Å²) in [7, 11) is 0. The van der Waals surface area contributed by atoms with Gasteiger partial charge in [0.1, 0.15) is 12.2 Å². The Kier molecular flexibility index (Phi) is 1.21. The molecule has 0 spiro atoms. The van der Waals surface area contributed by atoms with Crippen LogP contribution in [0, 0.1) is 0 Å². The van der Waals surface area contributed by atoms with Gasteiger partial charge >= 0.3 is 0 Å². The van der Waals surface area contributed by atoms with Crippen molar-refractivity contribution in [1.82, 2.24) is 9.97 Å². The molecule has 0 saturated carbocycles. The lowest BCUT2D eigenvalue weighted by Gasteiger charge is -2.12. The van der Waals surface area contributed by atoms with Crippen molar-refractivity contribution in [3.8, 4) is 0 Å². The van der Waals surface area contributed by atoms with E-state index in [1.807, 2.05) is 0 Å². The minimum Gasteiger partial charge on any atom is -0.386 e. The number of aromatic nitrogens is 2. The number of nitrogens with two attached hydrogens (primary N) is 1. The first-order valence-corrected chi connectivity index (χ1v) is 3.23. The summed E-state index contributed by atoms with van der Waals surface area (Å²) in [6.45, 7) is 0.570. The Morgan fingerprint density at radius 2 is 2.45 bits per heavy atom. The van der Waals surface area contributed by atoms with Crippen LogP contribution in [0.5, 0.6) is 0 Å². The van der Waals surface area contributed by atoms with Gasteiger partial charge in [-0.25, -0.2) is 15.0 Å². The Morgan fingerprint density at radius 3 is 3.36 bits per heavy atom. The van der Waals surface area contributed by atoms with E-state index in [4.69, 9.17) is 5.73 Å². The first kappa shape index (κ1) is 6.09. The number of nitrogens with one attached hydrogen (secondary N) is 1. The summed E-state index contributed by atoms with van der Waals surface area (Å²) in [5, 5.41) is 3.03. The van der Waals surface area contributed by atoms with Crippen LogP contribution in [0.25, 0.3) is 0 Å². The van der Waals surface area contributed by atoms with Gasteiger partial charge in [-0.3, -0.25) is 0 Å². The number of nitrogens with zero attached hydrogens (tertiary/aromatic N) is 3. The monoisotopic (exact) mass is 149 g/mol. The van der Waals surface area contributed by atoms with Crippen molar-refractivity contribution in [2.75, 3.05) is 11.9 Å². The number of rotatable bonds is 0. The van der Waals surface area contributed by atoms with Crippen LogP contribution in [0.4, 0.5) is 11.5 Å². The zero-order chi connectivity index (χ0) is 7.68. The smallest absolute Gasteiger partial charge is 0.180 e. The zero-order valence-corrected chi connectivity index (χ0v) is 5.78. The summed E-state index contributed by atoms with van der Waals surface area (Å²) in [5.74, 6) is 1.17.